The van der Waals surface area contributed by atoms with Crippen LogP contribution in [-0.2, 0) is 9.53 Å². The zero-order chi connectivity index (χ0) is 13.7. The van der Waals surface area contributed by atoms with Gasteiger partial charge in [0.25, 0.3) is 5.22 Å². The highest BCUT2D eigenvalue weighted by atomic mass is 32.2. The summed E-state index contributed by atoms with van der Waals surface area (Å²) in [6, 6.07) is 0.372. The van der Waals surface area contributed by atoms with Gasteiger partial charge in [-0.2, -0.15) is 0 Å². The van der Waals surface area contributed by atoms with Crippen molar-refractivity contribution < 1.29 is 18.7 Å². The Kier molecular flexibility index (Phi) is 4.78. The molecule has 1 aliphatic carbocycles. The van der Waals surface area contributed by atoms with E-state index >= 15 is 0 Å². The number of carbonyl (C=O) groups excluding carboxylic acids is 2. The van der Waals surface area contributed by atoms with E-state index in [1.807, 2.05) is 0 Å². The van der Waals surface area contributed by atoms with Crippen molar-refractivity contribution in [3.05, 3.63) is 5.89 Å². The van der Waals surface area contributed by atoms with Gasteiger partial charge < -0.3 is 14.5 Å². The van der Waals surface area contributed by atoms with Crippen molar-refractivity contribution in [2.24, 2.45) is 0 Å². The third kappa shape index (κ3) is 4.55. The van der Waals surface area contributed by atoms with Crippen LogP contribution in [0, 0.1) is 0 Å². The summed E-state index contributed by atoms with van der Waals surface area (Å²) in [5.74, 6) is -0.233. The van der Waals surface area contributed by atoms with Gasteiger partial charge >= 0.3 is 11.9 Å². The highest BCUT2D eigenvalue weighted by molar-refractivity contribution is 7.99. The van der Waals surface area contributed by atoms with Crippen LogP contribution in [-0.4, -0.2) is 40.5 Å². The predicted octanol–water partition coefficient (Wildman–Crippen LogP) is 1.01. The molecule has 1 heterocycles. The third-order valence-electron chi connectivity index (χ3n) is 2.35. The van der Waals surface area contributed by atoms with Gasteiger partial charge in [-0.05, 0) is 19.8 Å². The molecule has 1 amide bonds. The molecule has 1 fully saturated rings. The quantitative estimate of drug-likeness (QED) is 0.590. The van der Waals surface area contributed by atoms with Crippen molar-refractivity contribution in [2.45, 2.75) is 37.5 Å². The van der Waals surface area contributed by atoms with Gasteiger partial charge in [0, 0.05) is 18.2 Å². The van der Waals surface area contributed by atoms with Crippen molar-refractivity contribution in [1.29, 1.82) is 0 Å². The number of hydrogen-bond donors (Lipinski definition) is 1. The summed E-state index contributed by atoms with van der Waals surface area (Å²) in [5.41, 5.74) is 0. The summed E-state index contributed by atoms with van der Waals surface area (Å²) in [6.45, 7) is 1.95. The Morgan fingerprint density at radius 2 is 2.26 bits per heavy atom. The summed E-state index contributed by atoms with van der Waals surface area (Å²) in [7, 11) is 0. The number of esters is 1. The van der Waals surface area contributed by atoms with Crippen LogP contribution in [0.25, 0.3) is 0 Å². The highest BCUT2D eigenvalue weighted by Gasteiger charge is 2.23. The molecule has 104 valence electrons. The number of rotatable bonds is 7. The molecule has 0 aliphatic heterocycles. The number of nitrogens with one attached hydrogen (secondary N) is 1. The largest absolute Gasteiger partial charge is 0.459 e. The van der Waals surface area contributed by atoms with Crippen LogP contribution in [0.2, 0.25) is 0 Å². The minimum atomic E-state index is -0.631. The minimum absolute atomic E-state index is 0.0279. The summed E-state index contributed by atoms with van der Waals surface area (Å²) in [4.78, 5) is 22.7. The van der Waals surface area contributed by atoms with Gasteiger partial charge in [0.15, 0.2) is 0 Å². The molecular formula is C11H15N3O4S. The average Bonchev–Trinajstić information content (AvgIpc) is 3.05. The van der Waals surface area contributed by atoms with E-state index in [2.05, 4.69) is 15.5 Å². The van der Waals surface area contributed by atoms with Crippen LogP contribution >= 0.6 is 11.8 Å². The van der Waals surface area contributed by atoms with Gasteiger partial charge in [0.1, 0.15) is 0 Å². The van der Waals surface area contributed by atoms with Crippen molar-refractivity contribution >= 4 is 23.6 Å². The molecule has 0 bridgehead atoms. The van der Waals surface area contributed by atoms with E-state index in [0.717, 1.165) is 12.8 Å². The van der Waals surface area contributed by atoms with E-state index in [1.54, 1.807) is 6.92 Å². The van der Waals surface area contributed by atoms with Crippen LogP contribution < -0.4 is 5.32 Å². The van der Waals surface area contributed by atoms with Gasteiger partial charge in [0.05, 0.1) is 6.61 Å². The van der Waals surface area contributed by atoms with E-state index in [4.69, 9.17) is 9.15 Å². The molecule has 1 aromatic heterocycles. The summed E-state index contributed by atoms with van der Waals surface area (Å²) >= 11 is 1.24. The van der Waals surface area contributed by atoms with Crippen molar-refractivity contribution in [3.63, 3.8) is 0 Å². The van der Waals surface area contributed by atoms with Crippen molar-refractivity contribution in [2.75, 3.05) is 12.4 Å². The molecule has 2 rings (SSSR count). The molecule has 0 unspecified atom stereocenters. The molecule has 0 spiro atoms. The number of thioether (sulfide) groups is 1. The normalized spacial score (nSPS) is 14.2. The maximum Gasteiger partial charge on any atom is 0.396 e. The molecule has 0 atom stereocenters. The van der Waals surface area contributed by atoms with Crippen molar-refractivity contribution in [3.8, 4) is 0 Å². The lowest BCUT2D eigenvalue weighted by Gasteiger charge is -2.00. The number of hydrogen-bond acceptors (Lipinski definition) is 7. The fourth-order valence-electron chi connectivity index (χ4n) is 1.30. The first-order valence-corrected chi connectivity index (χ1v) is 7.10. The first-order valence-electron chi connectivity index (χ1n) is 6.12. The predicted molar refractivity (Wildman–Crippen MR) is 66.8 cm³/mol. The molecule has 7 nitrogen and oxygen atoms in total. The second-order valence-corrected chi connectivity index (χ2v) is 5.08. The van der Waals surface area contributed by atoms with Crippen LogP contribution in [0.3, 0.4) is 0 Å². The van der Waals surface area contributed by atoms with E-state index in [0.29, 0.717) is 18.2 Å². The monoisotopic (exact) mass is 285 g/mol. The van der Waals surface area contributed by atoms with Gasteiger partial charge in [-0.3, -0.25) is 4.79 Å². The standard InChI is InChI=1S/C11H15N3O4S/c1-2-17-10(16)9-13-14-11(18-9)19-6-5-8(15)12-7-3-4-7/h7H,2-6H2,1H3,(H,12,15). The molecule has 0 saturated heterocycles. The maximum atomic E-state index is 11.4. The Balaban J connectivity index is 1.70. The zero-order valence-electron chi connectivity index (χ0n) is 10.5. The molecule has 0 radical (unpaired) electrons. The molecule has 1 saturated carbocycles. The summed E-state index contributed by atoms with van der Waals surface area (Å²) in [6.07, 6.45) is 2.54. The molecule has 1 aliphatic rings. The Bertz CT molecular complexity index is 459. The number of nitrogens with zero attached hydrogens (tertiary/aromatic N) is 2. The Labute approximate surface area is 114 Å². The first-order chi connectivity index (χ1) is 9.19. The number of carbonyl (C=O) groups is 2. The van der Waals surface area contributed by atoms with E-state index in [-0.39, 0.29) is 23.6 Å². The van der Waals surface area contributed by atoms with Crippen LogP contribution in [0.5, 0.6) is 0 Å². The Hall–Kier alpha value is -1.57. The van der Waals surface area contributed by atoms with Gasteiger partial charge in [-0.1, -0.05) is 16.9 Å². The lowest BCUT2D eigenvalue weighted by Crippen LogP contribution is -2.25. The fraction of sp³-hybridized carbons (Fsp3) is 0.636. The molecule has 1 aromatic rings. The second-order valence-electron chi connectivity index (χ2n) is 4.03. The lowest BCUT2D eigenvalue weighted by molar-refractivity contribution is -0.120. The van der Waals surface area contributed by atoms with Crippen molar-refractivity contribution in [1.82, 2.24) is 15.5 Å². The molecule has 0 aromatic carbocycles. The second kappa shape index (κ2) is 6.55. The number of ether oxygens (including phenoxy) is 1. The number of aromatic nitrogens is 2. The average molecular weight is 285 g/mol. The summed E-state index contributed by atoms with van der Waals surface area (Å²) in [5, 5.41) is 10.4. The molecule has 19 heavy (non-hydrogen) atoms. The van der Waals surface area contributed by atoms with Crippen LogP contribution in [0.1, 0.15) is 36.9 Å². The molecular weight excluding hydrogens is 270 g/mol. The SMILES string of the molecule is CCOC(=O)c1nnc(SCCC(=O)NC2CC2)o1. The smallest absolute Gasteiger partial charge is 0.396 e. The maximum absolute atomic E-state index is 11.4. The summed E-state index contributed by atoms with van der Waals surface area (Å²) < 4.78 is 9.83. The topological polar surface area (TPSA) is 94.3 Å². The third-order valence-corrected chi connectivity index (χ3v) is 3.17. The van der Waals surface area contributed by atoms with Crippen LogP contribution in [0.15, 0.2) is 9.64 Å². The van der Waals surface area contributed by atoms with E-state index < -0.39 is 5.97 Å². The van der Waals surface area contributed by atoms with E-state index in [9.17, 15) is 9.59 Å². The molecule has 1 N–H and O–H groups in total. The van der Waals surface area contributed by atoms with Gasteiger partial charge in [-0.25, -0.2) is 4.79 Å². The fourth-order valence-corrected chi connectivity index (χ4v) is 2.00. The zero-order valence-corrected chi connectivity index (χ0v) is 11.4. The van der Waals surface area contributed by atoms with Gasteiger partial charge in [-0.15, -0.1) is 5.10 Å². The van der Waals surface area contributed by atoms with E-state index in [1.165, 1.54) is 11.8 Å². The Morgan fingerprint density at radius 3 is 2.95 bits per heavy atom. The first kappa shape index (κ1) is 13.9. The minimum Gasteiger partial charge on any atom is -0.459 e. The van der Waals surface area contributed by atoms with Crippen LogP contribution in [0.4, 0.5) is 0 Å². The number of amides is 1. The Morgan fingerprint density at radius 1 is 1.47 bits per heavy atom. The lowest BCUT2D eigenvalue weighted by atomic mass is 10.4. The highest BCUT2D eigenvalue weighted by Crippen LogP contribution is 2.20. The van der Waals surface area contributed by atoms with Gasteiger partial charge in [0.2, 0.25) is 5.91 Å². The molecule has 8 heteroatoms.